The standard InChI is InChI=1S/C14H27N3O2/c1-14(2,3)19-13(18)17-6-5-12(11-17)16-9-7-15(4)8-10-16/h12H,5-11H2,1-4H3. The van der Waals surface area contributed by atoms with Gasteiger partial charge in [-0.15, -0.1) is 0 Å². The molecule has 2 fully saturated rings. The van der Waals surface area contributed by atoms with E-state index in [2.05, 4.69) is 16.8 Å². The lowest BCUT2D eigenvalue weighted by molar-refractivity contribution is 0.0272. The van der Waals surface area contributed by atoms with E-state index in [9.17, 15) is 4.79 Å². The fourth-order valence-corrected chi connectivity index (χ4v) is 2.72. The van der Waals surface area contributed by atoms with Crippen LogP contribution in [0.4, 0.5) is 4.79 Å². The minimum Gasteiger partial charge on any atom is -0.444 e. The molecule has 0 saturated carbocycles. The molecule has 2 aliphatic heterocycles. The SMILES string of the molecule is CN1CCN(C2CCN(C(=O)OC(C)(C)C)C2)CC1. The molecular weight excluding hydrogens is 242 g/mol. The summed E-state index contributed by atoms with van der Waals surface area (Å²) >= 11 is 0. The topological polar surface area (TPSA) is 36.0 Å². The summed E-state index contributed by atoms with van der Waals surface area (Å²) in [6.45, 7) is 11.9. The van der Waals surface area contributed by atoms with Crippen molar-refractivity contribution >= 4 is 6.09 Å². The minimum atomic E-state index is -0.400. The molecule has 110 valence electrons. The van der Waals surface area contributed by atoms with E-state index >= 15 is 0 Å². The summed E-state index contributed by atoms with van der Waals surface area (Å²) in [6.07, 6.45) is 0.910. The van der Waals surface area contributed by atoms with Gasteiger partial charge in [-0.3, -0.25) is 4.90 Å². The van der Waals surface area contributed by atoms with Crippen molar-refractivity contribution in [1.82, 2.24) is 14.7 Å². The number of nitrogens with zero attached hydrogens (tertiary/aromatic N) is 3. The van der Waals surface area contributed by atoms with E-state index in [0.717, 1.165) is 45.7 Å². The highest BCUT2D eigenvalue weighted by molar-refractivity contribution is 5.68. The number of hydrogen-bond acceptors (Lipinski definition) is 4. The van der Waals surface area contributed by atoms with Gasteiger partial charge in [-0.05, 0) is 34.2 Å². The maximum Gasteiger partial charge on any atom is 0.410 e. The summed E-state index contributed by atoms with van der Waals surface area (Å²) in [4.78, 5) is 18.8. The second-order valence-corrected chi connectivity index (χ2v) is 6.71. The maximum absolute atomic E-state index is 12.0. The van der Waals surface area contributed by atoms with Gasteiger partial charge in [0.15, 0.2) is 0 Å². The Hall–Kier alpha value is -0.810. The molecule has 0 N–H and O–H groups in total. The third-order valence-corrected chi connectivity index (χ3v) is 3.87. The molecule has 5 heteroatoms. The Labute approximate surface area is 116 Å². The average Bonchev–Trinajstić information content (AvgIpc) is 2.77. The summed E-state index contributed by atoms with van der Waals surface area (Å²) in [7, 11) is 2.17. The van der Waals surface area contributed by atoms with E-state index in [4.69, 9.17) is 4.74 Å². The first-order valence-electron chi connectivity index (χ1n) is 7.26. The van der Waals surface area contributed by atoms with Crippen LogP contribution in [0.15, 0.2) is 0 Å². The fourth-order valence-electron chi connectivity index (χ4n) is 2.72. The molecule has 5 nitrogen and oxygen atoms in total. The molecule has 0 aromatic rings. The number of rotatable bonds is 1. The number of carbonyl (C=O) groups is 1. The van der Waals surface area contributed by atoms with Gasteiger partial charge in [-0.1, -0.05) is 0 Å². The molecule has 1 atom stereocenters. The highest BCUT2D eigenvalue weighted by atomic mass is 16.6. The lowest BCUT2D eigenvalue weighted by atomic mass is 10.2. The van der Waals surface area contributed by atoms with Crippen LogP contribution in [0.1, 0.15) is 27.2 Å². The first kappa shape index (κ1) is 14.6. The second kappa shape index (κ2) is 5.67. The van der Waals surface area contributed by atoms with Crippen molar-refractivity contribution < 1.29 is 9.53 Å². The molecule has 2 rings (SSSR count). The smallest absolute Gasteiger partial charge is 0.410 e. The number of likely N-dealkylation sites (N-methyl/N-ethyl adjacent to an activating group) is 1. The van der Waals surface area contributed by atoms with Gasteiger partial charge in [0.25, 0.3) is 0 Å². The van der Waals surface area contributed by atoms with Crippen LogP contribution in [0.3, 0.4) is 0 Å². The van der Waals surface area contributed by atoms with Gasteiger partial charge in [-0.25, -0.2) is 4.79 Å². The van der Waals surface area contributed by atoms with Crippen molar-refractivity contribution in [3.63, 3.8) is 0 Å². The van der Waals surface area contributed by atoms with Crippen molar-refractivity contribution in [1.29, 1.82) is 0 Å². The van der Waals surface area contributed by atoms with Gasteiger partial charge in [0.05, 0.1) is 0 Å². The molecule has 0 radical (unpaired) electrons. The molecule has 0 aliphatic carbocycles. The first-order chi connectivity index (χ1) is 8.85. The number of likely N-dealkylation sites (tertiary alicyclic amines) is 1. The van der Waals surface area contributed by atoms with Gasteiger partial charge in [0.2, 0.25) is 0 Å². The van der Waals surface area contributed by atoms with E-state index in [1.807, 2.05) is 25.7 Å². The van der Waals surface area contributed by atoms with Crippen molar-refractivity contribution in [2.75, 3.05) is 46.3 Å². The average molecular weight is 269 g/mol. The number of amides is 1. The Kier molecular flexibility index (Phi) is 4.36. The molecule has 2 saturated heterocycles. The van der Waals surface area contributed by atoms with Crippen molar-refractivity contribution in [2.45, 2.75) is 38.8 Å². The number of ether oxygens (including phenoxy) is 1. The third-order valence-electron chi connectivity index (χ3n) is 3.87. The summed E-state index contributed by atoms with van der Waals surface area (Å²) in [6, 6.07) is 0.515. The van der Waals surface area contributed by atoms with Crippen LogP contribution in [-0.4, -0.2) is 78.8 Å². The monoisotopic (exact) mass is 269 g/mol. The van der Waals surface area contributed by atoms with E-state index < -0.39 is 5.60 Å². The lowest BCUT2D eigenvalue weighted by Gasteiger charge is -2.36. The summed E-state index contributed by atoms with van der Waals surface area (Å²) in [5.41, 5.74) is -0.400. The summed E-state index contributed by atoms with van der Waals surface area (Å²) in [5.74, 6) is 0. The Morgan fingerprint density at radius 2 is 1.74 bits per heavy atom. The molecule has 1 amide bonds. The van der Waals surface area contributed by atoms with Crippen molar-refractivity contribution in [3.05, 3.63) is 0 Å². The zero-order valence-corrected chi connectivity index (χ0v) is 12.7. The van der Waals surface area contributed by atoms with Crippen molar-refractivity contribution in [3.8, 4) is 0 Å². The largest absolute Gasteiger partial charge is 0.444 e. The molecule has 0 spiro atoms. The lowest BCUT2D eigenvalue weighted by Crippen LogP contribution is -2.50. The number of piperazine rings is 1. The van der Waals surface area contributed by atoms with Crippen LogP contribution in [0.25, 0.3) is 0 Å². The quantitative estimate of drug-likeness (QED) is 0.717. The highest BCUT2D eigenvalue weighted by Gasteiger charge is 2.33. The molecule has 2 heterocycles. The fraction of sp³-hybridized carbons (Fsp3) is 0.929. The maximum atomic E-state index is 12.0. The molecule has 0 aromatic heterocycles. The number of carbonyl (C=O) groups excluding carboxylic acids is 1. The molecule has 0 bridgehead atoms. The van der Waals surface area contributed by atoms with Crippen LogP contribution in [0.5, 0.6) is 0 Å². The second-order valence-electron chi connectivity index (χ2n) is 6.71. The Bertz CT molecular complexity index is 319. The van der Waals surface area contributed by atoms with Gasteiger partial charge in [-0.2, -0.15) is 0 Å². The Morgan fingerprint density at radius 1 is 1.11 bits per heavy atom. The summed E-state index contributed by atoms with van der Waals surface area (Å²) < 4.78 is 5.43. The van der Waals surface area contributed by atoms with Crippen molar-refractivity contribution in [2.24, 2.45) is 0 Å². The molecule has 1 unspecified atom stereocenters. The van der Waals surface area contributed by atoms with Gasteiger partial charge in [0.1, 0.15) is 5.60 Å². The van der Waals surface area contributed by atoms with E-state index in [-0.39, 0.29) is 6.09 Å². The first-order valence-corrected chi connectivity index (χ1v) is 7.26. The predicted molar refractivity (Wildman–Crippen MR) is 75.3 cm³/mol. The van der Waals surface area contributed by atoms with Crippen LogP contribution < -0.4 is 0 Å². The van der Waals surface area contributed by atoms with Gasteiger partial charge < -0.3 is 14.5 Å². The van der Waals surface area contributed by atoms with Crippen LogP contribution >= 0.6 is 0 Å². The Balaban J connectivity index is 1.81. The molecule has 2 aliphatic rings. The normalized spacial score (nSPS) is 26.7. The van der Waals surface area contributed by atoms with Gasteiger partial charge in [0, 0.05) is 45.3 Å². The zero-order valence-electron chi connectivity index (χ0n) is 12.7. The van der Waals surface area contributed by atoms with E-state index in [1.165, 1.54) is 0 Å². The summed E-state index contributed by atoms with van der Waals surface area (Å²) in [5, 5.41) is 0. The molecular formula is C14H27N3O2. The predicted octanol–water partition coefficient (Wildman–Crippen LogP) is 1.24. The zero-order chi connectivity index (χ0) is 14.0. The van der Waals surface area contributed by atoms with E-state index in [1.54, 1.807) is 0 Å². The van der Waals surface area contributed by atoms with Crippen LogP contribution in [-0.2, 0) is 4.74 Å². The molecule has 0 aromatic carbocycles. The van der Waals surface area contributed by atoms with Gasteiger partial charge >= 0.3 is 6.09 Å². The number of hydrogen-bond donors (Lipinski definition) is 0. The highest BCUT2D eigenvalue weighted by Crippen LogP contribution is 2.19. The molecule has 19 heavy (non-hydrogen) atoms. The van der Waals surface area contributed by atoms with Crippen LogP contribution in [0, 0.1) is 0 Å². The van der Waals surface area contributed by atoms with E-state index in [0.29, 0.717) is 6.04 Å². The minimum absolute atomic E-state index is 0.163. The van der Waals surface area contributed by atoms with Crippen LogP contribution in [0.2, 0.25) is 0 Å². The Morgan fingerprint density at radius 3 is 2.32 bits per heavy atom. The third kappa shape index (κ3) is 4.08.